The summed E-state index contributed by atoms with van der Waals surface area (Å²) in [4.78, 5) is 23.2. The van der Waals surface area contributed by atoms with Crippen molar-refractivity contribution in [3.05, 3.63) is 64.3 Å². The van der Waals surface area contributed by atoms with Gasteiger partial charge in [-0.05, 0) is 66.5 Å². The van der Waals surface area contributed by atoms with Gasteiger partial charge in [0.25, 0.3) is 0 Å². The Hall–Kier alpha value is -3.41. The molecule has 0 saturated heterocycles. The third-order valence-corrected chi connectivity index (χ3v) is 6.22. The second-order valence-electron chi connectivity index (χ2n) is 7.91. The Morgan fingerprint density at radius 2 is 1.66 bits per heavy atom. The minimum absolute atomic E-state index is 0.0919. The number of fused-ring (bicyclic) bond motifs is 3. The van der Waals surface area contributed by atoms with Crippen LogP contribution in [0.15, 0.2) is 40.9 Å². The highest BCUT2D eigenvalue weighted by Crippen LogP contribution is 2.49. The normalized spacial score (nSPS) is 16.0. The van der Waals surface area contributed by atoms with Crippen molar-refractivity contribution in [1.82, 2.24) is 5.16 Å². The minimum Gasteiger partial charge on any atom is -0.481 e. The number of carboxylic acids is 2. The first-order chi connectivity index (χ1) is 13.9. The lowest BCUT2D eigenvalue weighted by molar-refractivity contribution is -0.140. The van der Waals surface area contributed by atoms with Crippen molar-refractivity contribution in [1.29, 1.82) is 0 Å². The summed E-state index contributed by atoms with van der Waals surface area (Å²) in [6.45, 7) is 1.62. The molecule has 1 fully saturated rings. The molecule has 146 valence electrons. The molecule has 2 aromatic carbocycles. The van der Waals surface area contributed by atoms with Crippen LogP contribution in [0.3, 0.4) is 0 Å². The van der Waals surface area contributed by atoms with Crippen molar-refractivity contribution in [3.8, 4) is 22.5 Å². The maximum atomic E-state index is 11.6. The Labute approximate surface area is 166 Å². The largest absolute Gasteiger partial charge is 0.481 e. The van der Waals surface area contributed by atoms with E-state index in [4.69, 9.17) is 4.52 Å². The first-order valence-corrected chi connectivity index (χ1v) is 9.61. The smallest absolute Gasteiger partial charge is 0.341 e. The van der Waals surface area contributed by atoms with E-state index in [0.29, 0.717) is 24.1 Å². The predicted molar refractivity (Wildman–Crippen MR) is 105 cm³/mol. The van der Waals surface area contributed by atoms with E-state index in [1.807, 2.05) is 30.3 Å². The number of carboxylic acid groups (broad SMARTS) is 2. The number of carbonyl (C=O) groups is 2. The number of aryl methyl sites for hydroxylation is 3. The van der Waals surface area contributed by atoms with Gasteiger partial charge in [-0.2, -0.15) is 0 Å². The molecule has 0 unspecified atom stereocenters. The third-order valence-electron chi connectivity index (χ3n) is 6.22. The molecule has 0 aliphatic heterocycles. The fraction of sp³-hybridized carbons (Fsp3) is 0.261. The number of aromatic nitrogens is 1. The van der Waals surface area contributed by atoms with Crippen LogP contribution < -0.4 is 0 Å². The molecule has 5 rings (SSSR count). The number of hydrogen-bond acceptors (Lipinski definition) is 4. The maximum absolute atomic E-state index is 11.6. The Morgan fingerprint density at radius 3 is 2.28 bits per heavy atom. The van der Waals surface area contributed by atoms with Crippen LogP contribution in [0.25, 0.3) is 22.5 Å². The lowest BCUT2D eigenvalue weighted by atomic mass is 9.82. The Bertz CT molecular complexity index is 1190. The van der Waals surface area contributed by atoms with Crippen molar-refractivity contribution >= 4 is 11.9 Å². The number of hydrogen-bond donors (Lipinski definition) is 2. The van der Waals surface area contributed by atoms with Crippen LogP contribution >= 0.6 is 0 Å². The van der Waals surface area contributed by atoms with Gasteiger partial charge < -0.3 is 14.7 Å². The molecule has 1 aromatic heterocycles. The van der Waals surface area contributed by atoms with Gasteiger partial charge in [-0.3, -0.25) is 4.79 Å². The van der Waals surface area contributed by atoms with E-state index in [9.17, 15) is 19.8 Å². The highest BCUT2D eigenvalue weighted by atomic mass is 16.5. The van der Waals surface area contributed by atoms with Gasteiger partial charge in [-0.25, -0.2) is 4.79 Å². The van der Waals surface area contributed by atoms with Crippen LogP contribution in [0.2, 0.25) is 0 Å². The van der Waals surface area contributed by atoms with E-state index >= 15 is 0 Å². The molecule has 1 saturated carbocycles. The molecule has 1 heterocycles. The van der Waals surface area contributed by atoms with Crippen molar-refractivity contribution < 1.29 is 24.3 Å². The highest BCUT2D eigenvalue weighted by molar-refractivity contribution is 5.95. The number of aliphatic carboxylic acids is 1. The standard InChI is InChI=1S/C23H19NO5/c1-12-19(21(25)26)20(29-24-12)15-4-6-17-13(10-15)2-3-14-11-16(5-7-18(14)17)23(8-9-23)22(27)28/h4-7,10-11H,2-3,8-9H2,1H3,(H,25,26)(H,27,28). The van der Waals surface area contributed by atoms with Crippen LogP contribution in [-0.2, 0) is 23.1 Å². The zero-order valence-electron chi connectivity index (χ0n) is 15.9. The van der Waals surface area contributed by atoms with Gasteiger partial charge in [0.05, 0.1) is 11.1 Å². The molecule has 2 N–H and O–H groups in total. The zero-order chi connectivity index (χ0) is 20.3. The lowest BCUT2D eigenvalue weighted by Crippen LogP contribution is -2.20. The van der Waals surface area contributed by atoms with E-state index < -0.39 is 17.4 Å². The van der Waals surface area contributed by atoms with Crippen LogP contribution in [0, 0.1) is 6.92 Å². The highest BCUT2D eigenvalue weighted by Gasteiger charge is 2.51. The fourth-order valence-corrected chi connectivity index (χ4v) is 4.40. The molecular formula is C23H19NO5. The molecule has 0 amide bonds. The summed E-state index contributed by atoms with van der Waals surface area (Å²) >= 11 is 0. The molecule has 2 aliphatic rings. The number of rotatable bonds is 4. The molecule has 2 aliphatic carbocycles. The van der Waals surface area contributed by atoms with Gasteiger partial charge in [-0.15, -0.1) is 0 Å². The fourth-order valence-electron chi connectivity index (χ4n) is 4.40. The number of nitrogens with zero attached hydrogens (tertiary/aromatic N) is 1. The van der Waals surface area contributed by atoms with Crippen molar-refractivity contribution in [2.24, 2.45) is 0 Å². The van der Waals surface area contributed by atoms with Crippen LogP contribution in [0.4, 0.5) is 0 Å². The van der Waals surface area contributed by atoms with Crippen LogP contribution in [0.1, 0.15) is 45.6 Å². The van der Waals surface area contributed by atoms with E-state index in [0.717, 1.165) is 40.7 Å². The predicted octanol–water partition coefficient (Wildman–Crippen LogP) is 4.23. The summed E-state index contributed by atoms with van der Waals surface area (Å²) < 4.78 is 5.30. The van der Waals surface area contributed by atoms with E-state index in [2.05, 4.69) is 11.2 Å². The SMILES string of the molecule is Cc1noc(-c2ccc3c(c2)CCc2cc(C4(C(=O)O)CC4)ccc2-3)c1C(=O)O. The quantitative estimate of drug-likeness (QED) is 0.693. The van der Waals surface area contributed by atoms with Gasteiger partial charge in [0.1, 0.15) is 5.56 Å². The van der Waals surface area contributed by atoms with Gasteiger partial charge in [-0.1, -0.05) is 35.5 Å². The monoisotopic (exact) mass is 389 g/mol. The van der Waals surface area contributed by atoms with E-state index in [1.165, 1.54) is 0 Å². The summed E-state index contributed by atoms with van der Waals surface area (Å²) in [6, 6.07) is 11.8. The van der Waals surface area contributed by atoms with Crippen LogP contribution in [0.5, 0.6) is 0 Å². The van der Waals surface area contributed by atoms with E-state index in [-0.39, 0.29) is 11.3 Å². The first kappa shape index (κ1) is 17.7. The number of benzene rings is 2. The average molecular weight is 389 g/mol. The minimum atomic E-state index is -1.05. The molecule has 0 radical (unpaired) electrons. The average Bonchev–Trinajstić information content (AvgIpc) is 3.43. The second-order valence-corrected chi connectivity index (χ2v) is 7.91. The van der Waals surface area contributed by atoms with Crippen molar-refractivity contribution in [2.45, 2.75) is 38.0 Å². The van der Waals surface area contributed by atoms with Crippen molar-refractivity contribution in [2.75, 3.05) is 0 Å². The summed E-state index contributed by atoms with van der Waals surface area (Å²) in [5.41, 5.74) is 5.83. The molecule has 6 nitrogen and oxygen atoms in total. The Morgan fingerprint density at radius 1 is 1.00 bits per heavy atom. The Kier molecular flexibility index (Phi) is 3.68. The van der Waals surface area contributed by atoms with Crippen LogP contribution in [-0.4, -0.2) is 27.3 Å². The van der Waals surface area contributed by atoms with Gasteiger partial charge in [0.2, 0.25) is 0 Å². The summed E-state index contributed by atoms with van der Waals surface area (Å²) in [5, 5.41) is 22.8. The molecular weight excluding hydrogens is 370 g/mol. The molecule has 29 heavy (non-hydrogen) atoms. The molecule has 0 atom stereocenters. The zero-order valence-corrected chi connectivity index (χ0v) is 15.9. The van der Waals surface area contributed by atoms with Gasteiger partial charge in [0, 0.05) is 5.56 Å². The topological polar surface area (TPSA) is 101 Å². The van der Waals surface area contributed by atoms with E-state index in [1.54, 1.807) is 6.92 Å². The van der Waals surface area contributed by atoms with Gasteiger partial charge >= 0.3 is 11.9 Å². The third kappa shape index (κ3) is 2.59. The summed E-state index contributed by atoms with van der Waals surface area (Å²) in [6.07, 6.45) is 3.01. The molecule has 0 bridgehead atoms. The lowest BCUT2D eigenvalue weighted by Gasteiger charge is -2.22. The molecule has 6 heteroatoms. The maximum Gasteiger partial charge on any atom is 0.341 e. The summed E-state index contributed by atoms with van der Waals surface area (Å²) in [7, 11) is 0. The summed E-state index contributed by atoms with van der Waals surface area (Å²) in [5.74, 6) is -1.52. The number of aromatic carboxylic acids is 1. The molecule has 0 spiro atoms. The first-order valence-electron chi connectivity index (χ1n) is 9.61. The Balaban J connectivity index is 1.55. The van der Waals surface area contributed by atoms with Gasteiger partial charge in [0.15, 0.2) is 5.76 Å². The molecule has 3 aromatic rings. The van der Waals surface area contributed by atoms with Crippen molar-refractivity contribution in [3.63, 3.8) is 0 Å². The second kappa shape index (κ2) is 6.04.